The van der Waals surface area contributed by atoms with Gasteiger partial charge in [0.05, 0.1) is 35.7 Å². The summed E-state index contributed by atoms with van der Waals surface area (Å²) in [6.07, 6.45) is 6.30. The molecular weight excluding hydrogens is 449 g/mol. The number of aromatic nitrogens is 5. The molecular formula is C22H21ClFN7O2. The number of nitrogens with zero attached hydrogens (tertiary/aromatic N) is 6. The highest BCUT2D eigenvalue weighted by molar-refractivity contribution is 6.31. The largest absolute Gasteiger partial charge is 0.479 e. The maximum atomic E-state index is 15.0. The van der Waals surface area contributed by atoms with Crippen LogP contribution in [0, 0.1) is 12.7 Å². The number of imidazole rings is 1. The number of halogens is 2. The van der Waals surface area contributed by atoms with Crippen molar-refractivity contribution >= 4 is 28.5 Å². The minimum Gasteiger partial charge on any atom is -0.479 e. The second kappa shape index (κ2) is 8.13. The van der Waals surface area contributed by atoms with Crippen LogP contribution in [0.2, 0.25) is 5.02 Å². The van der Waals surface area contributed by atoms with Gasteiger partial charge in [0.15, 0.2) is 11.7 Å². The van der Waals surface area contributed by atoms with Crippen molar-refractivity contribution in [3.05, 3.63) is 64.8 Å². The highest BCUT2D eigenvalue weighted by Gasteiger charge is 2.31. The average molecular weight is 470 g/mol. The van der Waals surface area contributed by atoms with Crippen LogP contribution in [0.15, 0.2) is 42.0 Å². The van der Waals surface area contributed by atoms with Gasteiger partial charge in [0, 0.05) is 25.0 Å². The van der Waals surface area contributed by atoms with E-state index in [4.69, 9.17) is 26.2 Å². The van der Waals surface area contributed by atoms with Crippen LogP contribution in [-0.4, -0.2) is 43.1 Å². The molecule has 11 heteroatoms. The molecule has 0 fully saturated rings. The van der Waals surface area contributed by atoms with Crippen LogP contribution in [-0.2, 0) is 11.9 Å². The van der Waals surface area contributed by atoms with Crippen LogP contribution < -0.4 is 10.2 Å². The first kappa shape index (κ1) is 21.4. The highest BCUT2D eigenvalue weighted by atomic mass is 35.5. The molecule has 1 aliphatic heterocycles. The number of amidine groups is 1. The second-order valence-corrected chi connectivity index (χ2v) is 8.22. The summed E-state index contributed by atoms with van der Waals surface area (Å²) in [4.78, 5) is 23.7. The summed E-state index contributed by atoms with van der Waals surface area (Å²) in [5, 5.41) is 0.283. The van der Waals surface area contributed by atoms with E-state index in [1.807, 2.05) is 30.7 Å². The molecule has 0 amide bonds. The molecule has 0 bridgehead atoms. The normalized spacial score (nSPS) is 18.3. The molecule has 4 aromatic rings. The van der Waals surface area contributed by atoms with E-state index < -0.39 is 11.9 Å². The van der Waals surface area contributed by atoms with Crippen LogP contribution in [0.5, 0.6) is 5.88 Å². The van der Waals surface area contributed by atoms with Crippen LogP contribution in [0.1, 0.15) is 29.9 Å². The third-order valence-corrected chi connectivity index (χ3v) is 5.81. The zero-order valence-electron chi connectivity index (χ0n) is 18.4. The predicted octanol–water partition coefficient (Wildman–Crippen LogP) is 3.67. The Labute approximate surface area is 193 Å². The molecule has 2 atom stereocenters. The Morgan fingerprint density at radius 2 is 2.06 bits per heavy atom. The van der Waals surface area contributed by atoms with Crippen LogP contribution in [0.3, 0.4) is 0 Å². The average Bonchev–Trinajstić information content (AvgIpc) is 3.39. The lowest BCUT2D eigenvalue weighted by molar-refractivity contribution is -0.00456. The smallest absolute Gasteiger partial charge is 0.238 e. The molecule has 2 unspecified atom stereocenters. The van der Waals surface area contributed by atoms with Crippen molar-refractivity contribution in [2.75, 3.05) is 7.11 Å². The van der Waals surface area contributed by atoms with Crippen molar-refractivity contribution in [3.8, 4) is 11.6 Å². The number of aliphatic imine (C=N–C) groups is 1. The Kier molecular flexibility index (Phi) is 5.26. The summed E-state index contributed by atoms with van der Waals surface area (Å²) < 4.78 is 24.0. The molecule has 1 N–H and O–H groups in total. The summed E-state index contributed by atoms with van der Waals surface area (Å²) in [7, 11) is 3.35. The molecule has 9 nitrogen and oxygen atoms in total. The zero-order chi connectivity index (χ0) is 23.3. The summed E-state index contributed by atoms with van der Waals surface area (Å²) in [5.41, 5.74) is 6.09. The van der Waals surface area contributed by atoms with E-state index in [1.54, 1.807) is 37.3 Å². The number of hydrogen-bond acceptors (Lipinski definition) is 7. The number of hydrogen-bond donors (Lipinski definition) is 1. The number of methoxy groups -OCH3 is 1. The van der Waals surface area contributed by atoms with Gasteiger partial charge in [0.1, 0.15) is 29.2 Å². The molecule has 5 rings (SSSR count). The lowest BCUT2D eigenvalue weighted by atomic mass is 10.0. The fourth-order valence-corrected chi connectivity index (χ4v) is 4.07. The van der Waals surface area contributed by atoms with Gasteiger partial charge in [-0.2, -0.15) is 0 Å². The zero-order valence-corrected chi connectivity index (χ0v) is 19.1. The van der Waals surface area contributed by atoms with E-state index in [2.05, 4.69) is 20.4 Å². The van der Waals surface area contributed by atoms with Gasteiger partial charge in [-0.25, -0.2) is 24.8 Å². The summed E-state index contributed by atoms with van der Waals surface area (Å²) in [5.74, 6) is 0.272. The number of hydroxylamine groups is 1. The van der Waals surface area contributed by atoms with Crippen molar-refractivity contribution < 1.29 is 14.0 Å². The van der Waals surface area contributed by atoms with Gasteiger partial charge in [-0.3, -0.25) is 9.83 Å². The van der Waals surface area contributed by atoms with Crippen molar-refractivity contribution in [2.24, 2.45) is 12.0 Å². The van der Waals surface area contributed by atoms with Crippen molar-refractivity contribution in [2.45, 2.75) is 26.0 Å². The summed E-state index contributed by atoms with van der Waals surface area (Å²) in [6.45, 7) is 3.76. The van der Waals surface area contributed by atoms with Crippen LogP contribution in [0.4, 0.5) is 4.39 Å². The molecule has 0 spiro atoms. The first-order valence-corrected chi connectivity index (χ1v) is 10.6. The molecule has 4 aromatic heterocycles. The molecule has 33 heavy (non-hydrogen) atoms. The predicted molar refractivity (Wildman–Crippen MR) is 121 cm³/mol. The molecule has 0 aliphatic carbocycles. The minimum atomic E-state index is -0.528. The Bertz CT molecular complexity index is 1400. The SMILES string of the molecule is COc1nc(C2=NC(c3cn(C)c4ncc(Cl)c(F)c34)C(C)ON2)ccc1-n1cnc(C)c1. The fraction of sp³-hybridized carbons (Fsp3) is 0.273. The van der Waals surface area contributed by atoms with Gasteiger partial charge in [-0.15, -0.1) is 0 Å². The molecule has 0 saturated heterocycles. The van der Waals surface area contributed by atoms with Crippen molar-refractivity contribution in [3.63, 3.8) is 0 Å². The standard InChI is InChI=1S/C22H21ClFN7O2/c1-11-8-31(10-26-11)16-6-5-15(27-22(16)32-4)20-28-19(12(2)33-29-20)13-9-30(3)21-17(13)18(24)14(23)7-25-21/h5-10,12,19H,1-4H3,(H,28,29). The third kappa shape index (κ3) is 3.61. The minimum absolute atomic E-state index is 0.0432. The first-order valence-electron chi connectivity index (χ1n) is 10.2. The van der Waals surface area contributed by atoms with Crippen LogP contribution in [0.25, 0.3) is 16.7 Å². The molecule has 170 valence electrons. The highest BCUT2D eigenvalue weighted by Crippen LogP contribution is 2.36. The molecule has 0 saturated carbocycles. The number of pyridine rings is 2. The lowest BCUT2D eigenvalue weighted by Crippen LogP contribution is -2.38. The number of rotatable bonds is 4. The Morgan fingerprint density at radius 1 is 1.24 bits per heavy atom. The Hall–Kier alpha value is -3.50. The Morgan fingerprint density at radius 3 is 2.79 bits per heavy atom. The van der Waals surface area contributed by atoms with Crippen LogP contribution >= 0.6 is 11.6 Å². The van der Waals surface area contributed by atoms with Gasteiger partial charge in [0.2, 0.25) is 5.88 Å². The molecule has 0 radical (unpaired) electrons. The molecule has 0 aromatic carbocycles. The third-order valence-electron chi connectivity index (χ3n) is 5.55. The van der Waals surface area contributed by atoms with E-state index in [0.717, 1.165) is 11.4 Å². The topological polar surface area (TPSA) is 91.4 Å². The summed E-state index contributed by atoms with van der Waals surface area (Å²) in [6, 6.07) is 3.15. The molecule has 5 heterocycles. The van der Waals surface area contributed by atoms with Gasteiger partial charge in [-0.05, 0) is 26.0 Å². The number of ether oxygens (including phenoxy) is 1. The number of aryl methyl sites for hydroxylation is 2. The lowest BCUT2D eigenvalue weighted by Gasteiger charge is -2.27. The van der Waals surface area contributed by atoms with Gasteiger partial charge in [0.25, 0.3) is 0 Å². The number of nitrogens with one attached hydrogen (secondary N) is 1. The van der Waals surface area contributed by atoms with Crippen molar-refractivity contribution in [1.29, 1.82) is 0 Å². The maximum absolute atomic E-state index is 15.0. The van der Waals surface area contributed by atoms with Gasteiger partial charge < -0.3 is 13.9 Å². The van der Waals surface area contributed by atoms with Gasteiger partial charge >= 0.3 is 0 Å². The number of fused-ring (bicyclic) bond motifs is 1. The Balaban J connectivity index is 1.59. The quantitative estimate of drug-likeness (QED) is 0.490. The van der Waals surface area contributed by atoms with Gasteiger partial charge in [-0.1, -0.05) is 11.6 Å². The monoisotopic (exact) mass is 469 g/mol. The fourth-order valence-electron chi connectivity index (χ4n) is 3.93. The van der Waals surface area contributed by atoms with E-state index in [0.29, 0.717) is 34.0 Å². The van der Waals surface area contributed by atoms with E-state index in [1.165, 1.54) is 6.20 Å². The van der Waals surface area contributed by atoms with E-state index >= 15 is 0 Å². The van der Waals surface area contributed by atoms with E-state index in [9.17, 15) is 4.39 Å². The van der Waals surface area contributed by atoms with E-state index in [-0.39, 0.29) is 11.1 Å². The first-order chi connectivity index (χ1) is 15.9. The maximum Gasteiger partial charge on any atom is 0.238 e. The second-order valence-electron chi connectivity index (χ2n) is 7.81. The van der Waals surface area contributed by atoms with Crippen molar-refractivity contribution in [1.82, 2.24) is 29.6 Å². The molecule has 1 aliphatic rings. The summed E-state index contributed by atoms with van der Waals surface area (Å²) >= 11 is 6.01.